The van der Waals surface area contributed by atoms with Crippen molar-refractivity contribution in [2.75, 3.05) is 12.4 Å². The van der Waals surface area contributed by atoms with Gasteiger partial charge in [-0.25, -0.2) is 0 Å². The van der Waals surface area contributed by atoms with Crippen molar-refractivity contribution in [3.8, 4) is 17.6 Å². The highest BCUT2D eigenvalue weighted by Crippen LogP contribution is 2.26. The molecule has 0 radical (unpaired) electrons. The molecule has 0 saturated carbocycles. The van der Waals surface area contributed by atoms with Crippen molar-refractivity contribution in [3.63, 3.8) is 0 Å². The topological polar surface area (TPSA) is 26.3 Å². The molecule has 0 fully saturated rings. The van der Waals surface area contributed by atoms with Crippen molar-refractivity contribution >= 4 is 33.2 Å². The third kappa shape index (κ3) is 4.19. The van der Waals surface area contributed by atoms with Gasteiger partial charge in [0.1, 0.15) is 12.4 Å². The second-order valence-corrected chi connectivity index (χ2v) is 7.48. The zero-order valence-electron chi connectivity index (χ0n) is 13.2. The molecule has 120 valence electrons. The first-order valence-electron chi connectivity index (χ1n) is 7.54. The van der Waals surface area contributed by atoms with Crippen molar-refractivity contribution in [1.29, 1.82) is 0 Å². The van der Waals surface area contributed by atoms with E-state index in [1.54, 1.807) is 29.2 Å². The Bertz CT molecular complexity index is 964. The lowest BCUT2D eigenvalue weighted by Gasteiger charge is -2.04. The van der Waals surface area contributed by atoms with Gasteiger partial charge in [-0.15, -0.1) is 23.1 Å². The highest BCUT2D eigenvalue weighted by Gasteiger charge is 2.02. The lowest BCUT2D eigenvalue weighted by Crippen LogP contribution is -1.98. The molecule has 0 N–H and O–H groups in total. The summed E-state index contributed by atoms with van der Waals surface area (Å²) in [5.74, 6) is 7.61. The lowest BCUT2D eigenvalue weighted by molar-refractivity contribution is 0.367. The fourth-order valence-corrected chi connectivity index (χ4v) is 4.19. The van der Waals surface area contributed by atoms with E-state index >= 15 is 0 Å². The molecule has 2 nitrogen and oxygen atoms in total. The molecule has 0 atom stereocenters. The zero-order valence-corrected chi connectivity index (χ0v) is 14.9. The molecule has 0 aliphatic rings. The van der Waals surface area contributed by atoms with Crippen molar-refractivity contribution in [3.05, 3.63) is 70.4 Å². The number of aryl methyl sites for hydroxylation is 1. The SMILES string of the molecule is Cc1ccccc1OCC#CCSc1cc(=O)c2ccccc2s1. The molecular formula is C20H16O2S2. The van der Waals surface area contributed by atoms with Gasteiger partial charge in [0.05, 0.1) is 9.96 Å². The molecule has 0 bridgehead atoms. The van der Waals surface area contributed by atoms with E-state index in [4.69, 9.17) is 4.74 Å². The van der Waals surface area contributed by atoms with Gasteiger partial charge >= 0.3 is 0 Å². The largest absolute Gasteiger partial charge is 0.481 e. The predicted molar refractivity (Wildman–Crippen MR) is 103 cm³/mol. The van der Waals surface area contributed by atoms with Crippen LogP contribution in [-0.2, 0) is 0 Å². The Morgan fingerprint density at radius 2 is 1.88 bits per heavy atom. The number of hydrogen-bond donors (Lipinski definition) is 0. The second kappa shape index (κ2) is 8.05. The van der Waals surface area contributed by atoms with Crippen LogP contribution < -0.4 is 10.2 Å². The highest BCUT2D eigenvalue weighted by molar-refractivity contribution is 8.01. The van der Waals surface area contributed by atoms with Crippen molar-refractivity contribution in [1.82, 2.24) is 0 Å². The summed E-state index contributed by atoms with van der Waals surface area (Å²) >= 11 is 3.22. The Hall–Kier alpha value is -2.22. The summed E-state index contributed by atoms with van der Waals surface area (Å²) in [5, 5.41) is 0.782. The minimum Gasteiger partial charge on any atom is -0.481 e. The molecular weight excluding hydrogens is 336 g/mol. The van der Waals surface area contributed by atoms with Gasteiger partial charge in [-0.05, 0) is 30.7 Å². The first-order valence-corrected chi connectivity index (χ1v) is 9.34. The number of para-hydroxylation sites is 1. The number of thioether (sulfide) groups is 1. The standard InChI is InChI=1S/C20H16O2S2/c1-15-8-2-4-10-18(15)22-12-6-7-13-23-20-14-17(21)16-9-3-5-11-19(16)24-20/h2-5,8-11,14H,12-13H2,1H3. The summed E-state index contributed by atoms with van der Waals surface area (Å²) in [7, 11) is 0. The van der Waals surface area contributed by atoms with Crippen LogP contribution in [0.4, 0.5) is 0 Å². The van der Waals surface area contributed by atoms with Gasteiger partial charge in [-0.3, -0.25) is 4.79 Å². The molecule has 1 aromatic heterocycles. The third-order valence-electron chi connectivity index (χ3n) is 3.42. The van der Waals surface area contributed by atoms with Gasteiger partial charge < -0.3 is 4.74 Å². The quantitative estimate of drug-likeness (QED) is 0.501. The molecule has 4 heteroatoms. The van der Waals surface area contributed by atoms with Crippen LogP contribution in [0.1, 0.15) is 5.56 Å². The van der Waals surface area contributed by atoms with Gasteiger partial charge in [0.2, 0.25) is 0 Å². The fourth-order valence-electron chi connectivity index (χ4n) is 2.19. The average molecular weight is 352 g/mol. The molecule has 0 amide bonds. The van der Waals surface area contributed by atoms with Crippen LogP contribution in [0.5, 0.6) is 5.75 Å². The van der Waals surface area contributed by atoms with Crippen molar-refractivity contribution < 1.29 is 4.74 Å². The maximum atomic E-state index is 12.1. The normalized spacial score (nSPS) is 10.2. The second-order valence-electron chi connectivity index (χ2n) is 5.12. The molecule has 3 rings (SSSR count). The van der Waals surface area contributed by atoms with Gasteiger partial charge in [-0.1, -0.05) is 42.2 Å². The number of hydrogen-bond acceptors (Lipinski definition) is 4. The molecule has 2 aromatic carbocycles. The summed E-state index contributed by atoms with van der Waals surface area (Å²) < 4.78 is 7.65. The Morgan fingerprint density at radius 1 is 1.08 bits per heavy atom. The highest BCUT2D eigenvalue weighted by atomic mass is 32.2. The predicted octanol–water partition coefficient (Wildman–Crippen LogP) is 4.74. The fraction of sp³-hybridized carbons (Fsp3) is 0.150. The van der Waals surface area contributed by atoms with E-state index in [2.05, 4.69) is 11.8 Å². The molecule has 0 aliphatic heterocycles. The summed E-state index contributed by atoms with van der Waals surface area (Å²) in [4.78, 5) is 12.1. The minimum atomic E-state index is 0.0719. The maximum Gasteiger partial charge on any atom is 0.189 e. The third-order valence-corrected chi connectivity index (χ3v) is 5.61. The van der Waals surface area contributed by atoms with Gasteiger partial charge in [-0.2, -0.15) is 0 Å². The molecule has 0 saturated heterocycles. The monoisotopic (exact) mass is 352 g/mol. The van der Waals surface area contributed by atoms with Gasteiger partial charge in [0, 0.05) is 16.2 Å². The molecule has 0 spiro atoms. The summed E-state index contributed by atoms with van der Waals surface area (Å²) in [6, 6.07) is 17.3. The van der Waals surface area contributed by atoms with E-state index in [0.717, 1.165) is 25.6 Å². The summed E-state index contributed by atoms with van der Waals surface area (Å²) in [5.41, 5.74) is 1.18. The Balaban J connectivity index is 1.56. The van der Waals surface area contributed by atoms with Crippen molar-refractivity contribution in [2.45, 2.75) is 11.1 Å². The number of rotatable bonds is 4. The van der Waals surface area contributed by atoms with Crippen LogP contribution in [0.15, 0.2) is 63.6 Å². The molecule has 1 heterocycles. The Morgan fingerprint density at radius 3 is 2.75 bits per heavy atom. The summed E-state index contributed by atoms with van der Waals surface area (Å²) in [6.45, 7) is 2.39. The number of ether oxygens (including phenoxy) is 1. The van der Waals surface area contributed by atoms with Crippen LogP contribution in [0.25, 0.3) is 10.1 Å². The molecule has 0 aliphatic carbocycles. The van der Waals surface area contributed by atoms with E-state index in [-0.39, 0.29) is 5.43 Å². The number of benzene rings is 2. The Kier molecular flexibility index (Phi) is 5.58. The molecule has 3 aromatic rings. The van der Waals surface area contributed by atoms with Crippen LogP contribution in [0.2, 0.25) is 0 Å². The van der Waals surface area contributed by atoms with E-state index in [9.17, 15) is 4.79 Å². The average Bonchev–Trinajstić information content (AvgIpc) is 2.59. The van der Waals surface area contributed by atoms with Crippen LogP contribution in [0.3, 0.4) is 0 Å². The maximum absolute atomic E-state index is 12.1. The van der Waals surface area contributed by atoms with E-state index in [1.807, 2.05) is 55.5 Å². The Labute approximate surface area is 149 Å². The smallest absolute Gasteiger partial charge is 0.189 e. The van der Waals surface area contributed by atoms with Gasteiger partial charge in [0.25, 0.3) is 0 Å². The zero-order chi connectivity index (χ0) is 16.8. The van der Waals surface area contributed by atoms with Crippen LogP contribution in [0, 0.1) is 18.8 Å². The van der Waals surface area contributed by atoms with Crippen molar-refractivity contribution in [2.24, 2.45) is 0 Å². The van der Waals surface area contributed by atoms with E-state index in [1.165, 1.54) is 0 Å². The van der Waals surface area contributed by atoms with Crippen LogP contribution in [-0.4, -0.2) is 12.4 Å². The first kappa shape index (κ1) is 16.6. The minimum absolute atomic E-state index is 0.0719. The molecule has 0 unspecified atom stereocenters. The first-order chi connectivity index (χ1) is 11.7. The van der Waals surface area contributed by atoms with Crippen LogP contribution >= 0.6 is 23.1 Å². The summed E-state index contributed by atoms with van der Waals surface area (Å²) in [6.07, 6.45) is 0. The molecule has 24 heavy (non-hydrogen) atoms. The number of fused-ring (bicyclic) bond motifs is 1. The van der Waals surface area contributed by atoms with E-state index < -0.39 is 0 Å². The lowest BCUT2D eigenvalue weighted by atomic mass is 10.2. The van der Waals surface area contributed by atoms with E-state index in [0.29, 0.717) is 12.4 Å². The van der Waals surface area contributed by atoms with Gasteiger partial charge in [0.15, 0.2) is 5.43 Å².